The molecule has 1 saturated heterocycles. The Morgan fingerprint density at radius 2 is 1.88 bits per heavy atom. The third kappa shape index (κ3) is 4.96. The van der Waals surface area contributed by atoms with Crippen LogP contribution >= 0.6 is 11.6 Å². The zero-order valence-electron chi connectivity index (χ0n) is 14.9. The molecule has 3 rings (SSSR count). The molecule has 0 atom stereocenters. The monoisotopic (exact) mass is 376 g/mol. The first-order valence-corrected chi connectivity index (χ1v) is 9.25. The van der Waals surface area contributed by atoms with Crippen LogP contribution in [0.3, 0.4) is 0 Å². The summed E-state index contributed by atoms with van der Waals surface area (Å²) in [5.41, 5.74) is 3.29. The van der Waals surface area contributed by atoms with Crippen LogP contribution in [-0.2, 0) is 11.3 Å². The Bertz CT molecular complexity index is 758. The topological polar surface area (TPSA) is 36.8 Å². The van der Waals surface area contributed by atoms with Crippen LogP contribution in [0.15, 0.2) is 42.5 Å². The molecule has 1 fully saturated rings. The van der Waals surface area contributed by atoms with Gasteiger partial charge in [0.05, 0.1) is 26.2 Å². The number of hydrogen-bond acceptors (Lipinski definition) is 2. The number of carbonyl (C=O) groups is 1. The molecule has 26 heavy (non-hydrogen) atoms. The van der Waals surface area contributed by atoms with Gasteiger partial charge in [-0.15, -0.1) is 0 Å². The van der Waals surface area contributed by atoms with Crippen LogP contribution in [-0.4, -0.2) is 38.6 Å². The molecule has 1 amide bonds. The first kappa shape index (κ1) is 18.7. The lowest BCUT2D eigenvalue weighted by atomic mass is 10.1. The zero-order chi connectivity index (χ0) is 18.5. The maximum Gasteiger partial charge on any atom is 0.275 e. The molecule has 2 aromatic carbocycles. The highest BCUT2D eigenvalue weighted by Crippen LogP contribution is 2.24. The van der Waals surface area contributed by atoms with Crippen molar-refractivity contribution in [2.24, 2.45) is 0 Å². The van der Waals surface area contributed by atoms with E-state index in [1.165, 1.54) is 28.3 Å². The van der Waals surface area contributed by atoms with E-state index < -0.39 is 0 Å². The van der Waals surface area contributed by atoms with Crippen molar-refractivity contribution in [1.82, 2.24) is 5.32 Å². The molecule has 0 radical (unpaired) electrons. The van der Waals surface area contributed by atoms with Crippen molar-refractivity contribution in [3.05, 3.63) is 64.4 Å². The largest absolute Gasteiger partial charge is 0.360 e. The molecule has 0 unspecified atom stereocenters. The highest BCUT2D eigenvalue weighted by atomic mass is 35.5. The molecule has 0 aromatic heterocycles. The summed E-state index contributed by atoms with van der Waals surface area (Å²) in [6, 6.07) is 12.2. The number of amides is 1. The molecule has 0 saturated carbocycles. The quantitative estimate of drug-likeness (QED) is 0.835. The first-order chi connectivity index (χ1) is 12.5. The third-order valence-electron chi connectivity index (χ3n) is 4.80. The van der Waals surface area contributed by atoms with Crippen molar-refractivity contribution < 1.29 is 14.1 Å². The van der Waals surface area contributed by atoms with E-state index in [0.29, 0.717) is 13.1 Å². The number of halogens is 2. The molecule has 2 aromatic rings. The molecule has 2 N–H and O–H groups in total. The van der Waals surface area contributed by atoms with E-state index in [-0.39, 0.29) is 11.7 Å². The van der Waals surface area contributed by atoms with E-state index in [2.05, 4.69) is 17.1 Å². The average molecular weight is 377 g/mol. The molecule has 0 bridgehead atoms. The van der Waals surface area contributed by atoms with Gasteiger partial charge in [-0.25, -0.2) is 4.39 Å². The van der Waals surface area contributed by atoms with Crippen molar-refractivity contribution in [1.29, 1.82) is 0 Å². The van der Waals surface area contributed by atoms with Gasteiger partial charge in [0.2, 0.25) is 0 Å². The van der Waals surface area contributed by atoms with E-state index in [1.807, 2.05) is 18.2 Å². The summed E-state index contributed by atoms with van der Waals surface area (Å²) in [4.78, 5) is 15.8. The van der Waals surface area contributed by atoms with Gasteiger partial charge in [-0.2, -0.15) is 0 Å². The van der Waals surface area contributed by atoms with Gasteiger partial charge in [-0.05, 0) is 42.3 Å². The van der Waals surface area contributed by atoms with Gasteiger partial charge >= 0.3 is 0 Å². The van der Waals surface area contributed by atoms with Crippen LogP contribution in [0, 0.1) is 12.7 Å². The van der Waals surface area contributed by atoms with Gasteiger partial charge in [0.15, 0.2) is 6.54 Å². The molecule has 4 nitrogen and oxygen atoms in total. The molecular formula is C20H24ClFN3O+. The number of benzene rings is 2. The minimum absolute atomic E-state index is 0.0247. The molecular weight excluding hydrogens is 353 g/mol. The smallest absolute Gasteiger partial charge is 0.275 e. The maximum atomic E-state index is 12.9. The zero-order valence-corrected chi connectivity index (χ0v) is 15.7. The number of nitrogens with zero attached hydrogens (tertiary/aromatic N) is 1. The number of quaternary nitrogens is 1. The van der Waals surface area contributed by atoms with Gasteiger partial charge in [0, 0.05) is 17.3 Å². The molecule has 1 heterocycles. The lowest BCUT2D eigenvalue weighted by molar-refractivity contribution is -0.892. The highest BCUT2D eigenvalue weighted by Gasteiger charge is 2.23. The molecule has 1 aliphatic rings. The van der Waals surface area contributed by atoms with Gasteiger partial charge in [0.25, 0.3) is 5.91 Å². The van der Waals surface area contributed by atoms with Crippen LogP contribution < -0.4 is 15.1 Å². The van der Waals surface area contributed by atoms with Crippen molar-refractivity contribution >= 4 is 23.2 Å². The molecule has 0 spiro atoms. The van der Waals surface area contributed by atoms with E-state index in [9.17, 15) is 9.18 Å². The van der Waals surface area contributed by atoms with Crippen molar-refractivity contribution in [3.63, 3.8) is 0 Å². The minimum atomic E-state index is -0.266. The number of carbonyl (C=O) groups excluding carboxylic acids is 1. The second-order valence-electron chi connectivity index (χ2n) is 6.75. The van der Waals surface area contributed by atoms with Gasteiger partial charge in [-0.3, -0.25) is 4.79 Å². The number of piperazine rings is 1. The Morgan fingerprint density at radius 3 is 2.58 bits per heavy atom. The van der Waals surface area contributed by atoms with Crippen molar-refractivity contribution in [2.75, 3.05) is 37.6 Å². The average Bonchev–Trinajstić information content (AvgIpc) is 2.64. The molecule has 1 aliphatic heterocycles. The molecule has 138 valence electrons. The van der Waals surface area contributed by atoms with Gasteiger partial charge in [0.1, 0.15) is 5.82 Å². The summed E-state index contributed by atoms with van der Waals surface area (Å²) in [6.45, 7) is 6.62. The van der Waals surface area contributed by atoms with Crippen LogP contribution in [0.1, 0.15) is 11.1 Å². The Kier molecular flexibility index (Phi) is 6.12. The van der Waals surface area contributed by atoms with E-state index >= 15 is 0 Å². The maximum absolute atomic E-state index is 12.9. The van der Waals surface area contributed by atoms with Crippen LogP contribution in [0.5, 0.6) is 0 Å². The number of anilines is 1. The fourth-order valence-electron chi connectivity index (χ4n) is 3.26. The number of hydrogen-bond donors (Lipinski definition) is 2. The first-order valence-electron chi connectivity index (χ1n) is 8.87. The Labute approximate surface area is 158 Å². The predicted octanol–water partition coefficient (Wildman–Crippen LogP) is 1.81. The Balaban J connectivity index is 1.45. The molecule has 6 heteroatoms. The third-order valence-corrected chi connectivity index (χ3v) is 5.03. The fraction of sp³-hybridized carbons (Fsp3) is 0.350. The minimum Gasteiger partial charge on any atom is -0.360 e. The van der Waals surface area contributed by atoms with E-state index in [0.717, 1.165) is 36.8 Å². The highest BCUT2D eigenvalue weighted by molar-refractivity contribution is 6.30. The summed E-state index contributed by atoms with van der Waals surface area (Å²) in [5.74, 6) is -0.242. The summed E-state index contributed by atoms with van der Waals surface area (Å²) in [6.07, 6.45) is 0. The Hall–Kier alpha value is -2.11. The van der Waals surface area contributed by atoms with E-state index in [1.54, 1.807) is 12.1 Å². The van der Waals surface area contributed by atoms with Gasteiger partial charge in [-0.1, -0.05) is 29.8 Å². The van der Waals surface area contributed by atoms with Crippen molar-refractivity contribution in [2.45, 2.75) is 13.5 Å². The lowest BCUT2D eigenvalue weighted by Gasteiger charge is -2.34. The number of rotatable bonds is 5. The normalized spacial score (nSPS) is 15.1. The fourth-order valence-corrected chi connectivity index (χ4v) is 3.42. The van der Waals surface area contributed by atoms with Gasteiger partial charge < -0.3 is 15.1 Å². The Morgan fingerprint density at radius 1 is 1.19 bits per heavy atom. The lowest BCUT2D eigenvalue weighted by Crippen LogP contribution is -3.15. The van der Waals surface area contributed by atoms with Crippen molar-refractivity contribution in [3.8, 4) is 0 Å². The summed E-state index contributed by atoms with van der Waals surface area (Å²) >= 11 is 6.12. The van der Waals surface area contributed by atoms with E-state index in [4.69, 9.17) is 11.6 Å². The predicted molar refractivity (Wildman–Crippen MR) is 102 cm³/mol. The van der Waals surface area contributed by atoms with Crippen LogP contribution in [0.2, 0.25) is 5.02 Å². The van der Waals surface area contributed by atoms with Crippen LogP contribution in [0.25, 0.3) is 0 Å². The summed E-state index contributed by atoms with van der Waals surface area (Å²) in [5, 5.41) is 3.66. The number of aryl methyl sites for hydroxylation is 1. The standard InChI is InChI=1S/C20H23ClFN3O/c1-15-2-5-17(21)12-19(15)25-10-8-24(9-11-25)14-20(26)23-13-16-3-6-18(22)7-4-16/h2-7,12H,8-11,13-14H2,1H3,(H,23,26)/p+1. The molecule has 0 aliphatic carbocycles. The number of nitrogens with one attached hydrogen (secondary N) is 2. The SMILES string of the molecule is Cc1ccc(Cl)cc1N1CC[NH+](CC(=O)NCc2ccc(F)cc2)CC1. The summed E-state index contributed by atoms with van der Waals surface area (Å²) in [7, 11) is 0. The second-order valence-corrected chi connectivity index (χ2v) is 7.18. The summed E-state index contributed by atoms with van der Waals surface area (Å²) < 4.78 is 12.9. The second kappa shape index (κ2) is 8.52. The van der Waals surface area contributed by atoms with Crippen LogP contribution in [0.4, 0.5) is 10.1 Å².